The maximum Gasteiger partial charge on any atom is 0.364 e. The van der Waals surface area contributed by atoms with Gasteiger partial charge in [-0.3, -0.25) is 10.1 Å². The first-order chi connectivity index (χ1) is 7.41. The number of halogens is 1. The normalized spacial score (nSPS) is 11.2. The molecule has 0 amide bonds. The van der Waals surface area contributed by atoms with E-state index >= 15 is 0 Å². The van der Waals surface area contributed by atoms with Crippen molar-refractivity contribution in [2.45, 2.75) is 6.92 Å². The van der Waals surface area contributed by atoms with Crippen LogP contribution in [0, 0.1) is 17.0 Å². The molecule has 0 aliphatic heterocycles. The van der Waals surface area contributed by atoms with E-state index in [-0.39, 0.29) is 11.3 Å². The highest BCUT2D eigenvalue weighted by Crippen LogP contribution is 2.21. The van der Waals surface area contributed by atoms with Gasteiger partial charge in [0, 0.05) is 11.6 Å². The molecule has 0 aliphatic carbocycles. The minimum absolute atomic E-state index is 0.136. The number of carboxylic acids is 1. The summed E-state index contributed by atoms with van der Waals surface area (Å²) < 4.78 is 12.7. The van der Waals surface area contributed by atoms with Gasteiger partial charge in [-0.05, 0) is 18.6 Å². The molecule has 1 aromatic carbocycles. The van der Waals surface area contributed by atoms with E-state index in [1.165, 1.54) is 12.1 Å². The van der Waals surface area contributed by atoms with E-state index in [2.05, 4.69) is 0 Å². The SMILES string of the molecule is Cc1ccc(C=C(F)C(=O)O)cc1[N+](=O)[O-]. The van der Waals surface area contributed by atoms with Gasteiger partial charge in [0.05, 0.1) is 4.92 Å². The van der Waals surface area contributed by atoms with E-state index < -0.39 is 16.7 Å². The van der Waals surface area contributed by atoms with Crippen LogP contribution < -0.4 is 0 Å². The Bertz CT molecular complexity index is 482. The Morgan fingerprint density at radius 1 is 1.56 bits per heavy atom. The van der Waals surface area contributed by atoms with Gasteiger partial charge in [-0.1, -0.05) is 12.1 Å². The van der Waals surface area contributed by atoms with E-state index in [4.69, 9.17) is 5.11 Å². The van der Waals surface area contributed by atoms with Gasteiger partial charge in [0.2, 0.25) is 5.83 Å². The third-order valence-corrected chi connectivity index (χ3v) is 1.93. The van der Waals surface area contributed by atoms with Gasteiger partial charge in [0.15, 0.2) is 0 Å². The number of aliphatic carboxylic acids is 1. The van der Waals surface area contributed by atoms with Gasteiger partial charge in [0.1, 0.15) is 0 Å². The second-order valence-corrected chi connectivity index (χ2v) is 3.10. The lowest BCUT2D eigenvalue weighted by Gasteiger charge is -1.98. The fraction of sp³-hybridized carbons (Fsp3) is 0.100. The largest absolute Gasteiger partial charge is 0.476 e. The third kappa shape index (κ3) is 2.63. The van der Waals surface area contributed by atoms with Crippen LogP contribution in [0.2, 0.25) is 0 Å². The molecule has 1 rings (SSSR count). The molecular weight excluding hydrogens is 217 g/mol. The van der Waals surface area contributed by atoms with Crippen molar-refractivity contribution < 1.29 is 19.2 Å². The minimum atomic E-state index is -1.71. The molecule has 0 bridgehead atoms. The summed E-state index contributed by atoms with van der Waals surface area (Å²) in [5, 5.41) is 18.9. The second-order valence-electron chi connectivity index (χ2n) is 3.10. The topological polar surface area (TPSA) is 80.4 Å². The Hall–Kier alpha value is -2.24. The summed E-state index contributed by atoms with van der Waals surface area (Å²) in [5.74, 6) is -3.07. The fourth-order valence-corrected chi connectivity index (χ4v) is 1.12. The van der Waals surface area contributed by atoms with Crippen molar-refractivity contribution in [3.63, 3.8) is 0 Å². The van der Waals surface area contributed by atoms with Gasteiger partial charge in [-0.2, -0.15) is 4.39 Å². The van der Waals surface area contributed by atoms with Gasteiger partial charge in [0.25, 0.3) is 5.69 Å². The molecule has 0 aliphatic rings. The predicted molar refractivity (Wildman–Crippen MR) is 54.6 cm³/mol. The Labute approximate surface area is 90.0 Å². The highest BCUT2D eigenvalue weighted by molar-refractivity contribution is 5.89. The maximum atomic E-state index is 12.7. The average molecular weight is 225 g/mol. The zero-order chi connectivity index (χ0) is 12.3. The Morgan fingerprint density at radius 2 is 2.19 bits per heavy atom. The predicted octanol–water partition coefficient (Wildman–Crippen LogP) is 2.30. The van der Waals surface area contributed by atoms with Gasteiger partial charge in [-0.25, -0.2) is 4.79 Å². The number of carbonyl (C=O) groups is 1. The van der Waals surface area contributed by atoms with E-state index in [0.29, 0.717) is 5.56 Å². The molecule has 5 nitrogen and oxygen atoms in total. The molecular formula is C10H8FNO4. The molecule has 1 N–H and O–H groups in total. The monoisotopic (exact) mass is 225 g/mol. The number of hydrogen-bond acceptors (Lipinski definition) is 3. The van der Waals surface area contributed by atoms with Crippen LogP contribution in [-0.4, -0.2) is 16.0 Å². The number of rotatable bonds is 3. The lowest BCUT2D eigenvalue weighted by Crippen LogP contribution is -1.95. The maximum absolute atomic E-state index is 12.7. The van der Waals surface area contributed by atoms with Crippen LogP contribution in [0.5, 0.6) is 0 Å². The summed E-state index contributed by atoms with van der Waals surface area (Å²) in [6.45, 7) is 1.54. The molecule has 0 radical (unpaired) electrons. The second kappa shape index (κ2) is 4.52. The van der Waals surface area contributed by atoms with Crippen LogP contribution in [0.3, 0.4) is 0 Å². The molecule has 0 fully saturated rings. The van der Waals surface area contributed by atoms with Crippen molar-refractivity contribution in [3.8, 4) is 0 Å². The first-order valence-electron chi connectivity index (χ1n) is 4.27. The molecule has 16 heavy (non-hydrogen) atoms. The van der Waals surface area contributed by atoms with Crippen molar-refractivity contribution in [1.82, 2.24) is 0 Å². The smallest absolute Gasteiger partial charge is 0.364 e. The highest BCUT2D eigenvalue weighted by atomic mass is 19.1. The van der Waals surface area contributed by atoms with Crippen molar-refractivity contribution in [1.29, 1.82) is 0 Å². The zero-order valence-corrected chi connectivity index (χ0v) is 8.31. The van der Waals surface area contributed by atoms with Crippen LogP contribution in [0.25, 0.3) is 6.08 Å². The summed E-state index contributed by atoms with van der Waals surface area (Å²) in [6.07, 6.45) is 0.731. The molecule has 0 saturated heterocycles. The van der Waals surface area contributed by atoms with E-state index in [1.807, 2.05) is 0 Å². The fourth-order valence-electron chi connectivity index (χ4n) is 1.12. The first kappa shape index (κ1) is 11.8. The molecule has 0 atom stereocenters. The number of carboxylic acid groups (broad SMARTS) is 1. The summed E-state index contributed by atoms with van der Waals surface area (Å²) in [6, 6.07) is 3.96. The van der Waals surface area contributed by atoms with Crippen LogP contribution in [0.15, 0.2) is 24.0 Å². The minimum Gasteiger partial charge on any atom is -0.476 e. The van der Waals surface area contributed by atoms with Crippen molar-refractivity contribution in [3.05, 3.63) is 45.3 Å². The lowest BCUT2D eigenvalue weighted by molar-refractivity contribution is -0.385. The summed E-state index contributed by atoms with van der Waals surface area (Å²) >= 11 is 0. The van der Waals surface area contributed by atoms with Crippen molar-refractivity contribution in [2.75, 3.05) is 0 Å². The number of aryl methyl sites for hydroxylation is 1. The lowest BCUT2D eigenvalue weighted by atomic mass is 10.1. The molecule has 0 spiro atoms. The molecule has 6 heteroatoms. The molecule has 84 valence electrons. The molecule has 0 unspecified atom stereocenters. The van der Waals surface area contributed by atoms with Crippen LogP contribution >= 0.6 is 0 Å². The van der Waals surface area contributed by atoms with Gasteiger partial charge >= 0.3 is 5.97 Å². The van der Waals surface area contributed by atoms with Crippen molar-refractivity contribution in [2.24, 2.45) is 0 Å². The van der Waals surface area contributed by atoms with E-state index in [9.17, 15) is 19.3 Å². The molecule has 1 aromatic rings. The third-order valence-electron chi connectivity index (χ3n) is 1.93. The molecule has 0 saturated carbocycles. The first-order valence-corrected chi connectivity index (χ1v) is 4.27. The number of nitrogens with zero attached hydrogens (tertiary/aromatic N) is 1. The summed E-state index contributed by atoms with van der Waals surface area (Å²) in [7, 11) is 0. The highest BCUT2D eigenvalue weighted by Gasteiger charge is 2.11. The Kier molecular flexibility index (Phi) is 3.34. The average Bonchev–Trinajstić information content (AvgIpc) is 2.20. The Morgan fingerprint density at radius 3 is 2.69 bits per heavy atom. The van der Waals surface area contributed by atoms with E-state index in [0.717, 1.165) is 12.1 Å². The number of benzene rings is 1. The van der Waals surface area contributed by atoms with Crippen LogP contribution in [-0.2, 0) is 4.79 Å². The molecule has 0 aromatic heterocycles. The van der Waals surface area contributed by atoms with Crippen LogP contribution in [0.1, 0.15) is 11.1 Å². The standard InChI is InChI=1S/C10H8FNO4/c1-6-2-3-7(4-8(11)10(13)14)5-9(6)12(15)16/h2-5H,1H3,(H,13,14). The van der Waals surface area contributed by atoms with E-state index in [1.54, 1.807) is 6.92 Å². The van der Waals surface area contributed by atoms with Gasteiger partial charge < -0.3 is 5.11 Å². The number of hydrogen-bond donors (Lipinski definition) is 1. The summed E-state index contributed by atoms with van der Waals surface area (Å²) in [4.78, 5) is 20.2. The quantitative estimate of drug-likeness (QED) is 0.486. The number of nitro benzene ring substituents is 1. The summed E-state index contributed by atoms with van der Waals surface area (Å²) in [5.41, 5.74) is 0.391. The Balaban J connectivity index is 3.18. The van der Waals surface area contributed by atoms with Gasteiger partial charge in [-0.15, -0.1) is 0 Å². The number of nitro groups is 1. The molecule has 0 heterocycles. The van der Waals surface area contributed by atoms with Crippen LogP contribution in [0.4, 0.5) is 10.1 Å². The van der Waals surface area contributed by atoms with Crippen molar-refractivity contribution >= 4 is 17.7 Å². The zero-order valence-electron chi connectivity index (χ0n) is 8.31.